The molecule has 346 valence electrons. The van der Waals surface area contributed by atoms with Crippen LogP contribution in [0.2, 0.25) is 0 Å². The van der Waals surface area contributed by atoms with Gasteiger partial charge in [-0.25, -0.2) is 0 Å². The average Bonchev–Trinajstić information content (AvgIpc) is 3.20. The standard InChI is InChI=1S/C56H84O5Si2/c1-17-21-25-57-45-29-41(53(5,6)7)33-49(37-45)62(50-34-42(54(8,9)10)30-46(38-50)58-26-22-18-2)61-63(51-35-43(55(11,12)13)31-47(39-51)59-27-23-19-3)52-36-44(56(14,15)16)32-48(40-52)60-28-24-20-4/h29-40H,17-28H2,1-16H3. The molecule has 0 atom stereocenters. The first kappa shape index (κ1) is 52.1. The summed E-state index contributed by atoms with van der Waals surface area (Å²) in [7, 11) is -4.04. The molecule has 4 aromatic rings. The van der Waals surface area contributed by atoms with E-state index in [-0.39, 0.29) is 21.7 Å². The van der Waals surface area contributed by atoms with E-state index >= 15 is 0 Å². The minimum absolute atomic E-state index is 0.112. The fourth-order valence-corrected chi connectivity index (χ4v) is 12.6. The Labute approximate surface area is 388 Å². The van der Waals surface area contributed by atoms with Crippen LogP contribution in [-0.2, 0) is 25.8 Å². The van der Waals surface area contributed by atoms with E-state index in [2.05, 4.69) is 184 Å². The molecule has 0 fully saturated rings. The maximum absolute atomic E-state index is 8.17. The van der Waals surface area contributed by atoms with E-state index in [1.807, 2.05) is 0 Å². The van der Waals surface area contributed by atoms with Crippen LogP contribution in [0.4, 0.5) is 0 Å². The van der Waals surface area contributed by atoms with Gasteiger partial charge in [-0.3, -0.25) is 0 Å². The molecule has 0 amide bonds. The lowest BCUT2D eigenvalue weighted by Gasteiger charge is -2.30. The molecular weight excluding hydrogens is 809 g/mol. The topological polar surface area (TPSA) is 46.2 Å². The molecule has 4 aromatic carbocycles. The predicted molar refractivity (Wildman–Crippen MR) is 273 cm³/mol. The summed E-state index contributed by atoms with van der Waals surface area (Å²) in [6.07, 6.45) is 8.31. The number of ether oxygens (including phenoxy) is 4. The van der Waals surface area contributed by atoms with Gasteiger partial charge in [0.25, 0.3) is 18.1 Å². The van der Waals surface area contributed by atoms with Crippen molar-refractivity contribution in [1.82, 2.24) is 0 Å². The highest BCUT2D eigenvalue weighted by molar-refractivity contribution is 6.92. The lowest BCUT2D eigenvalue weighted by Crippen LogP contribution is -2.56. The molecule has 0 unspecified atom stereocenters. The summed E-state index contributed by atoms with van der Waals surface area (Å²) in [5.74, 6) is 3.61. The van der Waals surface area contributed by atoms with Crippen LogP contribution in [-0.4, -0.2) is 44.5 Å². The minimum Gasteiger partial charge on any atom is -0.494 e. The molecule has 0 bridgehead atoms. The van der Waals surface area contributed by atoms with Crippen molar-refractivity contribution in [3.8, 4) is 23.0 Å². The number of benzene rings is 4. The van der Waals surface area contributed by atoms with Crippen molar-refractivity contribution in [2.75, 3.05) is 26.4 Å². The Morgan fingerprint density at radius 2 is 0.524 bits per heavy atom. The van der Waals surface area contributed by atoms with E-state index in [4.69, 9.17) is 23.1 Å². The van der Waals surface area contributed by atoms with Crippen molar-refractivity contribution in [2.24, 2.45) is 0 Å². The largest absolute Gasteiger partial charge is 0.494 e. The van der Waals surface area contributed by atoms with Crippen LogP contribution in [0.3, 0.4) is 0 Å². The Hall–Kier alpha value is -3.53. The minimum atomic E-state index is -2.02. The van der Waals surface area contributed by atoms with Crippen LogP contribution >= 0.6 is 0 Å². The maximum Gasteiger partial charge on any atom is 0.272 e. The molecular formula is C56H84O5Si2. The summed E-state index contributed by atoms with van der Waals surface area (Å²) in [5.41, 5.74) is 4.50. The zero-order valence-corrected chi connectivity index (χ0v) is 44.5. The van der Waals surface area contributed by atoms with Gasteiger partial charge in [-0.2, -0.15) is 0 Å². The van der Waals surface area contributed by atoms with Crippen LogP contribution in [0, 0.1) is 0 Å². The van der Waals surface area contributed by atoms with Crippen molar-refractivity contribution in [3.05, 3.63) is 95.1 Å². The second-order valence-corrected chi connectivity index (χ2v) is 26.0. The highest BCUT2D eigenvalue weighted by atomic mass is 28.4. The van der Waals surface area contributed by atoms with E-state index in [0.29, 0.717) is 26.4 Å². The van der Waals surface area contributed by atoms with Crippen LogP contribution in [0.25, 0.3) is 0 Å². The Morgan fingerprint density at radius 3 is 0.698 bits per heavy atom. The fourth-order valence-electron chi connectivity index (χ4n) is 6.99. The highest BCUT2D eigenvalue weighted by Gasteiger charge is 2.34. The summed E-state index contributed by atoms with van der Waals surface area (Å²) in [6.45, 7) is 39.1. The molecule has 2 radical (unpaired) electrons. The van der Waals surface area contributed by atoms with Crippen molar-refractivity contribution >= 4 is 38.8 Å². The third-order valence-electron chi connectivity index (χ3n) is 11.4. The van der Waals surface area contributed by atoms with Gasteiger partial charge >= 0.3 is 0 Å². The van der Waals surface area contributed by atoms with Crippen LogP contribution in [0.1, 0.15) is 184 Å². The lowest BCUT2D eigenvalue weighted by molar-refractivity contribution is 0.308. The Bertz CT molecular complexity index is 1740. The molecule has 0 heterocycles. The van der Waals surface area contributed by atoms with Crippen LogP contribution in [0.15, 0.2) is 72.8 Å². The first-order chi connectivity index (χ1) is 29.6. The second kappa shape index (κ2) is 23.1. The number of rotatable bonds is 22. The second-order valence-electron chi connectivity index (χ2n) is 21.6. The van der Waals surface area contributed by atoms with Crippen LogP contribution < -0.4 is 39.7 Å². The third-order valence-corrected chi connectivity index (χ3v) is 16.3. The zero-order chi connectivity index (χ0) is 46.6. The zero-order valence-electron chi connectivity index (χ0n) is 42.5. The lowest BCUT2D eigenvalue weighted by atomic mass is 9.87. The molecule has 0 aromatic heterocycles. The SMILES string of the molecule is CCCCOc1cc([Si](O[Si](c2cc(OCCCC)cc(C(C)(C)C)c2)c2cc(OCCCC)cc(C(C)(C)C)c2)c2cc(OCCCC)cc(C(C)(C)C)c2)cc(C(C)(C)C)c1. The predicted octanol–water partition coefficient (Wildman–Crippen LogP) is 12.5. The third kappa shape index (κ3) is 15.8. The van der Waals surface area contributed by atoms with Gasteiger partial charge in [0.1, 0.15) is 23.0 Å². The quantitative estimate of drug-likeness (QED) is 0.0581. The Kier molecular flexibility index (Phi) is 19.1. The molecule has 0 saturated heterocycles. The van der Waals surface area contributed by atoms with E-state index < -0.39 is 18.1 Å². The van der Waals surface area contributed by atoms with Gasteiger partial charge in [0.15, 0.2) is 0 Å². The summed E-state index contributed by atoms with van der Waals surface area (Å²) in [4.78, 5) is 0. The number of unbranched alkanes of at least 4 members (excludes halogenated alkanes) is 4. The van der Waals surface area contributed by atoms with Crippen molar-refractivity contribution in [1.29, 1.82) is 0 Å². The van der Waals surface area contributed by atoms with Crippen molar-refractivity contribution < 1.29 is 23.1 Å². The van der Waals surface area contributed by atoms with Gasteiger partial charge < -0.3 is 23.1 Å². The molecule has 7 heteroatoms. The van der Waals surface area contributed by atoms with E-state index in [0.717, 1.165) is 74.4 Å². The smallest absolute Gasteiger partial charge is 0.272 e. The number of hydrogen-bond acceptors (Lipinski definition) is 5. The van der Waals surface area contributed by atoms with E-state index in [1.165, 1.54) is 43.0 Å². The van der Waals surface area contributed by atoms with Gasteiger partial charge in [0, 0.05) is 0 Å². The highest BCUT2D eigenvalue weighted by Crippen LogP contribution is 2.31. The first-order valence-corrected chi connectivity index (χ1v) is 27.0. The molecule has 0 aliphatic heterocycles. The van der Waals surface area contributed by atoms with Crippen LogP contribution in [0.5, 0.6) is 23.0 Å². The summed E-state index contributed by atoms with van der Waals surface area (Å²) < 4.78 is 34.5. The van der Waals surface area contributed by atoms with Gasteiger partial charge in [-0.1, -0.05) is 161 Å². The molecule has 0 aliphatic carbocycles. The average molecular weight is 893 g/mol. The van der Waals surface area contributed by atoms with Crippen molar-refractivity contribution in [2.45, 2.75) is 184 Å². The fraction of sp³-hybridized carbons (Fsp3) is 0.571. The molecule has 4 rings (SSSR count). The molecule has 63 heavy (non-hydrogen) atoms. The Morgan fingerprint density at radius 1 is 0.317 bits per heavy atom. The van der Waals surface area contributed by atoms with E-state index in [9.17, 15) is 0 Å². The van der Waals surface area contributed by atoms with Gasteiger partial charge in [0.2, 0.25) is 0 Å². The molecule has 0 spiro atoms. The van der Waals surface area contributed by atoms with Gasteiger partial charge in [-0.15, -0.1) is 0 Å². The molecule has 0 N–H and O–H groups in total. The molecule has 0 saturated carbocycles. The Balaban J connectivity index is 2.16. The number of hydrogen-bond donors (Lipinski definition) is 0. The van der Waals surface area contributed by atoms with Gasteiger partial charge in [0.05, 0.1) is 26.4 Å². The molecule has 5 nitrogen and oxygen atoms in total. The van der Waals surface area contributed by atoms with Crippen molar-refractivity contribution in [3.63, 3.8) is 0 Å². The summed E-state index contributed by atoms with van der Waals surface area (Å²) >= 11 is 0. The normalized spacial score (nSPS) is 12.6. The summed E-state index contributed by atoms with van der Waals surface area (Å²) in [6, 6.07) is 27.7. The maximum atomic E-state index is 8.17. The molecule has 0 aliphatic rings. The van der Waals surface area contributed by atoms with Gasteiger partial charge in [-0.05, 0) is 139 Å². The summed E-state index contributed by atoms with van der Waals surface area (Å²) in [5, 5.41) is 4.68. The van der Waals surface area contributed by atoms with E-state index in [1.54, 1.807) is 0 Å². The monoisotopic (exact) mass is 893 g/mol. The first-order valence-electron chi connectivity index (χ1n) is 24.1.